The summed E-state index contributed by atoms with van der Waals surface area (Å²) in [5, 5.41) is 8.52. The molecule has 0 saturated carbocycles. The van der Waals surface area contributed by atoms with E-state index in [9.17, 15) is 9.59 Å². The smallest absolute Gasteiger partial charge is 0.333 e. The van der Waals surface area contributed by atoms with Crippen LogP contribution in [0.15, 0.2) is 24.3 Å². The highest BCUT2D eigenvalue weighted by atomic mass is 16.5. The number of rotatable bonds is 11. The van der Waals surface area contributed by atoms with Crippen molar-refractivity contribution in [1.82, 2.24) is 0 Å². The van der Waals surface area contributed by atoms with Crippen molar-refractivity contribution < 1.29 is 19.4 Å². The summed E-state index contributed by atoms with van der Waals surface area (Å²) in [6.07, 6.45) is 7.78. The van der Waals surface area contributed by atoms with E-state index >= 15 is 0 Å². The molecule has 0 amide bonds. The average molecular weight is 326 g/mol. The normalized spacial score (nSPS) is 9.78. The summed E-state index contributed by atoms with van der Waals surface area (Å²) in [5.41, 5.74) is 0.802. The minimum Gasteiger partial charge on any atom is -0.478 e. The Morgan fingerprint density at radius 2 is 1.57 bits per heavy atom. The monoisotopic (exact) mass is 326 g/mol. The highest BCUT2D eigenvalue weighted by molar-refractivity contribution is 5.86. The minimum absolute atomic E-state index is 0.297. The predicted octanol–water partition coefficient (Wildman–Crippen LogP) is 5.14. The van der Waals surface area contributed by atoms with Gasteiger partial charge < -0.3 is 9.84 Å². The highest BCUT2D eigenvalue weighted by Gasteiger charge is 2.03. The Kier molecular flexibility index (Phi) is 15.8. The summed E-state index contributed by atoms with van der Waals surface area (Å²) in [6, 6.07) is 0. The molecular weight excluding hydrogens is 292 g/mol. The molecular formula is C19H34O4. The molecule has 4 heteroatoms. The van der Waals surface area contributed by atoms with Gasteiger partial charge in [0, 0.05) is 11.1 Å². The Morgan fingerprint density at radius 3 is 2.00 bits per heavy atom. The zero-order valence-electron chi connectivity index (χ0n) is 15.3. The quantitative estimate of drug-likeness (QED) is 0.324. The summed E-state index contributed by atoms with van der Waals surface area (Å²) in [6.45, 7) is 15.2. The Balaban J connectivity index is 0. The second-order valence-electron chi connectivity index (χ2n) is 6.20. The average Bonchev–Trinajstić information content (AvgIpc) is 2.48. The van der Waals surface area contributed by atoms with E-state index < -0.39 is 5.97 Å². The van der Waals surface area contributed by atoms with Crippen molar-refractivity contribution >= 4 is 11.9 Å². The van der Waals surface area contributed by atoms with Gasteiger partial charge in [0.1, 0.15) is 0 Å². The van der Waals surface area contributed by atoms with E-state index in [-0.39, 0.29) is 5.97 Å². The Morgan fingerprint density at radius 1 is 1.04 bits per heavy atom. The largest absolute Gasteiger partial charge is 0.478 e. The van der Waals surface area contributed by atoms with Crippen molar-refractivity contribution in [3.63, 3.8) is 0 Å². The maximum absolute atomic E-state index is 10.7. The third-order valence-corrected chi connectivity index (χ3v) is 3.03. The first-order valence-electron chi connectivity index (χ1n) is 8.46. The van der Waals surface area contributed by atoms with Gasteiger partial charge in [-0.15, -0.1) is 0 Å². The van der Waals surface area contributed by atoms with Gasteiger partial charge >= 0.3 is 11.9 Å². The number of carboxylic acids is 1. The van der Waals surface area contributed by atoms with E-state index in [1.807, 2.05) is 13.8 Å². The number of esters is 1. The van der Waals surface area contributed by atoms with E-state index in [0.717, 1.165) is 12.8 Å². The first-order valence-corrected chi connectivity index (χ1v) is 8.46. The van der Waals surface area contributed by atoms with E-state index in [1.54, 1.807) is 6.92 Å². The molecule has 0 aliphatic heterocycles. The fourth-order valence-electron chi connectivity index (χ4n) is 1.59. The number of unbranched alkanes of at least 4 members (excludes halogenated alkanes) is 5. The van der Waals surface area contributed by atoms with E-state index in [2.05, 4.69) is 20.1 Å². The van der Waals surface area contributed by atoms with Crippen LogP contribution in [0.2, 0.25) is 0 Å². The molecule has 0 aliphatic rings. The maximum Gasteiger partial charge on any atom is 0.333 e. The molecule has 0 heterocycles. The van der Waals surface area contributed by atoms with Crippen LogP contribution in [0.1, 0.15) is 72.6 Å². The molecule has 0 rings (SSSR count). The fourth-order valence-corrected chi connectivity index (χ4v) is 1.59. The van der Waals surface area contributed by atoms with Gasteiger partial charge in [0.15, 0.2) is 0 Å². The van der Waals surface area contributed by atoms with Crippen LogP contribution in [-0.4, -0.2) is 23.7 Å². The lowest BCUT2D eigenvalue weighted by molar-refractivity contribution is -0.140. The van der Waals surface area contributed by atoms with Crippen molar-refractivity contribution in [3.8, 4) is 0 Å². The molecule has 0 fully saturated rings. The topological polar surface area (TPSA) is 63.6 Å². The number of carbonyl (C=O) groups excluding carboxylic acids is 1. The Hall–Kier alpha value is -1.58. The second kappa shape index (κ2) is 15.3. The van der Waals surface area contributed by atoms with Gasteiger partial charge in [-0.25, -0.2) is 9.59 Å². The summed E-state index contributed by atoms with van der Waals surface area (Å²) in [4.78, 5) is 21.1. The van der Waals surface area contributed by atoms with Gasteiger partial charge in [-0.05, 0) is 25.7 Å². The van der Waals surface area contributed by atoms with E-state index in [0.29, 0.717) is 30.1 Å². The molecule has 0 aromatic heterocycles. The molecule has 0 saturated heterocycles. The van der Waals surface area contributed by atoms with Gasteiger partial charge in [-0.1, -0.05) is 66.0 Å². The summed E-state index contributed by atoms with van der Waals surface area (Å²) >= 11 is 0. The molecule has 0 aliphatic carbocycles. The van der Waals surface area contributed by atoms with Crippen LogP contribution in [0.25, 0.3) is 0 Å². The summed E-state index contributed by atoms with van der Waals surface area (Å²) in [5.74, 6) is -0.759. The number of hydrogen-bond donors (Lipinski definition) is 1. The molecule has 1 N–H and O–H groups in total. The van der Waals surface area contributed by atoms with Crippen LogP contribution in [0.5, 0.6) is 0 Å². The van der Waals surface area contributed by atoms with Crippen LogP contribution in [0.4, 0.5) is 0 Å². The molecule has 134 valence electrons. The zero-order chi connectivity index (χ0) is 18.3. The van der Waals surface area contributed by atoms with Gasteiger partial charge in [0.2, 0.25) is 0 Å². The molecule has 0 bridgehead atoms. The van der Waals surface area contributed by atoms with Gasteiger partial charge in [-0.3, -0.25) is 0 Å². The number of aliphatic carboxylic acids is 1. The lowest BCUT2D eigenvalue weighted by Crippen LogP contribution is -2.09. The van der Waals surface area contributed by atoms with Crippen molar-refractivity contribution in [2.24, 2.45) is 5.92 Å². The van der Waals surface area contributed by atoms with E-state index in [4.69, 9.17) is 9.84 Å². The van der Waals surface area contributed by atoms with Crippen LogP contribution in [-0.2, 0) is 14.3 Å². The number of carbonyl (C=O) groups is 2. The molecule has 0 radical (unpaired) electrons. The number of carboxylic acid groups (broad SMARTS) is 1. The van der Waals surface area contributed by atoms with Crippen molar-refractivity contribution in [1.29, 1.82) is 0 Å². The lowest BCUT2D eigenvalue weighted by Gasteiger charge is -2.05. The van der Waals surface area contributed by atoms with Gasteiger partial charge in [-0.2, -0.15) is 0 Å². The summed E-state index contributed by atoms with van der Waals surface area (Å²) in [7, 11) is 0. The third-order valence-electron chi connectivity index (χ3n) is 3.03. The molecule has 0 unspecified atom stereocenters. The minimum atomic E-state index is -0.853. The van der Waals surface area contributed by atoms with Crippen molar-refractivity contribution in [3.05, 3.63) is 24.3 Å². The SMILES string of the molecule is C=C(C)C(=O)OCC(C)C.C=C(CCCCCCCC)C(=O)O. The van der Waals surface area contributed by atoms with Crippen molar-refractivity contribution in [2.45, 2.75) is 72.6 Å². The standard InChI is InChI=1S/C11H20O2.C8H14O2/c1-3-4-5-6-7-8-9-10(2)11(12)13;1-6(2)5-10-8(9)7(3)4/h2-9H2,1H3,(H,12,13);6H,3,5H2,1-2,4H3. The predicted molar refractivity (Wildman–Crippen MR) is 95.4 cm³/mol. The zero-order valence-corrected chi connectivity index (χ0v) is 15.3. The Labute approximate surface area is 141 Å². The molecule has 0 aromatic carbocycles. The van der Waals surface area contributed by atoms with Crippen LogP contribution in [0.3, 0.4) is 0 Å². The molecule has 0 aromatic rings. The third kappa shape index (κ3) is 18.4. The van der Waals surface area contributed by atoms with Gasteiger partial charge in [0.25, 0.3) is 0 Å². The number of ether oxygens (including phenoxy) is 1. The summed E-state index contributed by atoms with van der Waals surface area (Å²) < 4.78 is 4.83. The highest BCUT2D eigenvalue weighted by Crippen LogP contribution is 2.10. The van der Waals surface area contributed by atoms with Gasteiger partial charge in [0.05, 0.1) is 6.61 Å². The first-order chi connectivity index (χ1) is 10.7. The maximum atomic E-state index is 10.7. The molecule has 0 atom stereocenters. The number of hydrogen-bond acceptors (Lipinski definition) is 3. The van der Waals surface area contributed by atoms with E-state index in [1.165, 1.54) is 25.7 Å². The van der Waals surface area contributed by atoms with Crippen molar-refractivity contribution in [2.75, 3.05) is 6.61 Å². The molecule has 4 nitrogen and oxygen atoms in total. The fraction of sp³-hybridized carbons (Fsp3) is 0.684. The van der Waals surface area contributed by atoms with Crippen LogP contribution >= 0.6 is 0 Å². The van der Waals surface area contributed by atoms with Crippen LogP contribution in [0, 0.1) is 5.92 Å². The molecule has 23 heavy (non-hydrogen) atoms. The molecule has 0 spiro atoms. The first kappa shape index (κ1) is 23.7. The van der Waals surface area contributed by atoms with Crippen LogP contribution < -0.4 is 0 Å². The Bertz CT molecular complexity index is 370. The lowest BCUT2D eigenvalue weighted by atomic mass is 10.1. The second-order valence-corrected chi connectivity index (χ2v) is 6.20.